The molecule has 0 aliphatic carbocycles. The molecule has 0 aliphatic heterocycles. The summed E-state index contributed by atoms with van der Waals surface area (Å²) in [4.78, 5) is 0. The lowest BCUT2D eigenvalue weighted by atomic mass is 10.0. The zero-order valence-electron chi connectivity index (χ0n) is 11.8. The van der Waals surface area contributed by atoms with Gasteiger partial charge in [0.1, 0.15) is 0 Å². The van der Waals surface area contributed by atoms with E-state index >= 15 is 0 Å². The van der Waals surface area contributed by atoms with E-state index in [-0.39, 0.29) is 6.04 Å². The lowest BCUT2D eigenvalue weighted by molar-refractivity contribution is 0.120. The van der Waals surface area contributed by atoms with Crippen LogP contribution in [0.3, 0.4) is 0 Å². The number of nitrogens with zero attached hydrogens (tertiary/aromatic N) is 2. The second kappa shape index (κ2) is 6.52. The summed E-state index contributed by atoms with van der Waals surface area (Å²) in [5, 5.41) is 14.6. The van der Waals surface area contributed by atoms with Gasteiger partial charge in [-0.1, -0.05) is 30.3 Å². The molecule has 2 atom stereocenters. The van der Waals surface area contributed by atoms with Gasteiger partial charge in [0.25, 0.3) is 0 Å². The average molecular weight is 338 g/mol. The third kappa shape index (κ3) is 3.48. The molecule has 0 saturated carbocycles. The Morgan fingerprint density at radius 1 is 1.30 bits per heavy atom. The van der Waals surface area contributed by atoms with Crippen molar-refractivity contribution in [3.05, 3.63) is 51.8 Å². The molecule has 4 nitrogen and oxygen atoms in total. The molecule has 2 aromatic rings. The Bertz CT molecular complexity index is 568. The van der Waals surface area contributed by atoms with Gasteiger partial charge in [0.15, 0.2) is 0 Å². The summed E-state index contributed by atoms with van der Waals surface area (Å²) in [6.07, 6.45) is 0.0303. The average Bonchev–Trinajstić information content (AvgIpc) is 2.67. The first kappa shape index (κ1) is 15.2. The molecule has 0 aliphatic rings. The molecular weight excluding hydrogens is 318 g/mol. The van der Waals surface area contributed by atoms with Crippen LogP contribution in [0.15, 0.2) is 34.8 Å². The van der Waals surface area contributed by atoms with Crippen LogP contribution in [-0.2, 0) is 13.0 Å². The van der Waals surface area contributed by atoms with Gasteiger partial charge in [0, 0.05) is 11.7 Å². The van der Waals surface area contributed by atoms with E-state index < -0.39 is 6.10 Å². The topological polar surface area (TPSA) is 64.1 Å². The minimum Gasteiger partial charge on any atom is -0.390 e. The van der Waals surface area contributed by atoms with E-state index in [1.165, 1.54) is 0 Å². The second-order valence-electron chi connectivity index (χ2n) is 5.09. The van der Waals surface area contributed by atoms with Crippen LogP contribution in [0.4, 0.5) is 0 Å². The Balaban J connectivity index is 2.00. The van der Waals surface area contributed by atoms with E-state index in [0.29, 0.717) is 13.0 Å². The van der Waals surface area contributed by atoms with Gasteiger partial charge in [-0.2, -0.15) is 5.10 Å². The number of aliphatic hydroxyl groups excluding tert-OH is 1. The maximum absolute atomic E-state index is 10.3. The van der Waals surface area contributed by atoms with Gasteiger partial charge in [-0.3, -0.25) is 4.68 Å². The summed E-state index contributed by atoms with van der Waals surface area (Å²) in [5.74, 6) is 0. The van der Waals surface area contributed by atoms with Gasteiger partial charge in [-0.25, -0.2) is 0 Å². The normalized spacial score (nSPS) is 14.2. The highest BCUT2D eigenvalue weighted by atomic mass is 79.9. The van der Waals surface area contributed by atoms with E-state index in [4.69, 9.17) is 5.73 Å². The molecule has 1 heterocycles. The Morgan fingerprint density at radius 3 is 2.50 bits per heavy atom. The van der Waals surface area contributed by atoms with Gasteiger partial charge < -0.3 is 10.8 Å². The summed E-state index contributed by atoms with van der Waals surface area (Å²) in [7, 11) is 0. The molecule has 5 heteroatoms. The second-order valence-corrected chi connectivity index (χ2v) is 5.88. The largest absolute Gasteiger partial charge is 0.390 e. The van der Waals surface area contributed by atoms with E-state index in [2.05, 4.69) is 21.0 Å². The highest BCUT2D eigenvalue weighted by Gasteiger charge is 2.18. The maximum Gasteiger partial charge on any atom is 0.0889 e. The van der Waals surface area contributed by atoms with E-state index in [0.717, 1.165) is 21.4 Å². The molecule has 0 spiro atoms. The zero-order chi connectivity index (χ0) is 14.7. The number of halogens is 1. The number of rotatable bonds is 5. The summed E-state index contributed by atoms with van der Waals surface area (Å²) < 4.78 is 2.79. The van der Waals surface area contributed by atoms with Crippen LogP contribution in [0.5, 0.6) is 0 Å². The van der Waals surface area contributed by atoms with Crippen LogP contribution in [0.1, 0.15) is 17.0 Å². The van der Waals surface area contributed by atoms with Crippen LogP contribution in [-0.4, -0.2) is 27.0 Å². The van der Waals surface area contributed by atoms with Crippen LogP contribution in [0.2, 0.25) is 0 Å². The molecule has 2 unspecified atom stereocenters. The van der Waals surface area contributed by atoms with Gasteiger partial charge in [-0.05, 0) is 41.8 Å². The fraction of sp³-hybridized carbons (Fsp3) is 0.400. The molecule has 20 heavy (non-hydrogen) atoms. The number of nitrogens with two attached hydrogens (primary N) is 1. The highest BCUT2D eigenvalue weighted by Crippen LogP contribution is 2.20. The molecule has 1 aromatic heterocycles. The van der Waals surface area contributed by atoms with E-state index in [1.54, 1.807) is 4.68 Å². The van der Waals surface area contributed by atoms with Crippen molar-refractivity contribution in [1.82, 2.24) is 9.78 Å². The van der Waals surface area contributed by atoms with Gasteiger partial charge in [0.2, 0.25) is 0 Å². The molecule has 2 rings (SSSR count). The summed E-state index contributed by atoms with van der Waals surface area (Å²) in [6, 6.07) is 9.66. The third-order valence-electron chi connectivity index (χ3n) is 3.46. The number of hydrogen-bond acceptors (Lipinski definition) is 3. The standard InChI is InChI=1S/C15H20BrN3O/c1-10-15(16)11(2)19(18-10)9-14(20)13(17)8-12-6-4-3-5-7-12/h3-7,13-14,20H,8-9,17H2,1-2H3. The molecule has 0 saturated heterocycles. The van der Waals surface area contributed by atoms with Crippen LogP contribution < -0.4 is 5.73 Å². The Hall–Kier alpha value is -1.17. The van der Waals surface area contributed by atoms with Gasteiger partial charge >= 0.3 is 0 Å². The van der Waals surface area contributed by atoms with Crippen LogP contribution in [0, 0.1) is 13.8 Å². The third-order valence-corrected chi connectivity index (χ3v) is 4.61. The number of aromatic nitrogens is 2. The van der Waals surface area contributed by atoms with Crippen molar-refractivity contribution in [3.63, 3.8) is 0 Å². The van der Waals surface area contributed by atoms with Gasteiger partial charge in [-0.15, -0.1) is 0 Å². The lowest BCUT2D eigenvalue weighted by Crippen LogP contribution is -2.39. The predicted molar refractivity (Wildman–Crippen MR) is 83.5 cm³/mol. The number of hydrogen-bond donors (Lipinski definition) is 2. The fourth-order valence-electron chi connectivity index (χ4n) is 2.19. The first-order valence-electron chi connectivity index (χ1n) is 6.66. The Morgan fingerprint density at radius 2 is 1.95 bits per heavy atom. The Kier molecular flexibility index (Phi) is 4.96. The quantitative estimate of drug-likeness (QED) is 0.878. The molecule has 0 radical (unpaired) electrons. The van der Waals surface area contributed by atoms with Crippen molar-refractivity contribution < 1.29 is 5.11 Å². The van der Waals surface area contributed by atoms with Crippen molar-refractivity contribution in [2.45, 2.75) is 39.0 Å². The predicted octanol–water partition coefficient (Wildman–Crippen LogP) is 2.19. The van der Waals surface area contributed by atoms with Crippen LogP contribution >= 0.6 is 15.9 Å². The van der Waals surface area contributed by atoms with Gasteiger partial charge in [0.05, 0.1) is 22.8 Å². The van der Waals surface area contributed by atoms with E-state index in [9.17, 15) is 5.11 Å². The zero-order valence-corrected chi connectivity index (χ0v) is 13.3. The van der Waals surface area contributed by atoms with Crippen molar-refractivity contribution in [3.8, 4) is 0 Å². The fourth-order valence-corrected chi connectivity index (χ4v) is 2.47. The van der Waals surface area contributed by atoms with Crippen molar-refractivity contribution in [1.29, 1.82) is 0 Å². The first-order chi connectivity index (χ1) is 9.49. The number of aliphatic hydroxyl groups is 1. The molecule has 0 amide bonds. The number of aryl methyl sites for hydroxylation is 1. The van der Waals surface area contributed by atoms with Crippen molar-refractivity contribution in [2.24, 2.45) is 5.73 Å². The van der Waals surface area contributed by atoms with E-state index in [1.807, 2.05) is 44.2 Å². The molecule has 3 N–H and O–H groups in total. The van der Waals surface area contributed by atoms with Crippen molar-refractivity contribution >= 4 is 15.9 Å². The summed E-state index contributed by atoms with van der Waals surface area (Å²) in [5.41, 5.74) is 9.15. The SMILES string of the molecule is Cc1nn(CC(O)C(N)Cc2ccccc2)c(C)c1Br. The lowest BCUT2D eigenvalue weighted by Gasteiger charge is -2.19. The van der Waals surface area contributed by atoms with Crippen molar-refractivity contribution in [2.75, 3.05) is 0 Å². The smallest absolute Gasteiger partial charge is 0.0889 e. The molecule has 108 valence electrons. The summed E-state index contributed by atoms with van der Waals surface area (Å²) in [6.45, 7) is 4.32. The first-order valence-corrected chi connectivity index (χ1v) is 7.45. The monoisotopic (exact) mass is 337 g/mol. The molecular formula is C15H20BrN3O. The minimum absolute atomic E-state index is 0.305. The molecule has 0 bridgehead atoms. The molecule has 0 fully saturated rings. The minimum atomic E-state index is -0.625. The highest BCUT2D eigenvalue weighted by molar-refractivity contribution is 9.10. The summed E-state index contributed by atoms with van der Waals surface area (Å²) >= 11 is 3.48. The maximum atomic E-state index is 10.3. The Labute approximate surface area is 127 Å². The number of benzene rings is 1. The molecule has 1 aromatic carbocycles. The van der Waals surface area contributed by atoms with Crippen LogP contribution in [0.25, 0.3) is 0 Å².